The van der Waals surface area contributed by atoms with E-state index in [9.17, 15) is 19.7 Å². The number of nitro groups is 1. The van der Waals surface area contributed by atoms with Crippen LogP contribution in [-0.4, -0.2) is 53.0 Å². The fraction of sp³-hybridized carbons (Fsp3) is 0.222. The molecule has 134 valence electrons. The van der Waals surface area contributed by atoms with Gasteiger partial charge in [0, 0.05) is 49.6 Å². The van der Waals surface area contributed by atoms with Crippen LogP contribution in [-0.2, 0) is 0 Å². The lowest BCUT2D eigenvalue weighted by molar-refractivity contribution is -0.384. The number of carbonyl (C=O) groups is 2. The second kappa shape index (κ2) is 7.22. The molecule has 0 saturated carbocycles. The van der Waals surface area contributed by atoms with E-state index in [4.69, 9.17) is 5.11 Å². The van der Waals surface area contributed by atoms with Gasteiger partial charge >= 0.3 is 5.97 Å². The highest BCUT2D eigenvalue weighted by molar-refractivity contribution is 5.97. The van der Waals surface area contributed by atoms with Crippen molar-refractivity contribution in [2.45, 2.75) is 0 Å². The van der Waals surface area contributed by atoms with Gasteiger partial charge in [-0.05, 0) is 30.3 Å². The number of amides is 1. The van der Waals surface area contributed by atoms with E-state index < -0.39 is 10.9 Å². The lowest BCUT2D eigenvalue weighted by atomic mass is 10.1. The Labute approximate surface area is 149 Å². The number of aromatic carboxylic acids is 1. The summed E-state index contributed by atoms with van der Waals surface area (Å²) in [6.45, 7) is 2.19. The second-order valence-electron chi connectivity index (χ2n) is 5.94. The molecule has 0 radical (unpaired) electrons. The lowest BCUT2D eigenvalue weighted by Crippen LogP contribution is -2.48. The zero-order valence-corrected chi connectivity index (χ0v) is 13.9. The van der Waals surface area contributed by atoms with Crippen LogP contribution in [0.4, 0.5) is 11.4 Å². The first-order chi connectivity index (χ1) is 12.5. The number of carbonyl (C=O) groups excluding carboxylic acids is 1. The van der Waals surface area contributed by atoms with Crippen molar-refractivity contribution in [3.63, 3.8) is 0 Å². The molecule has 1 saturated heterocycles. The Bertz CT molecular complexity index is 842. The minimum absolute atomic E-state index is 0.0425. The predicted octanol–water partition coefficient (Wildman–Crippen LogP) is 2.26. The number of nitro benzene ring substituents is 1. The summed E-state index contributed by atoms with van der Waals surface area (Å²) >= 11 is 0. The maximum Gasteiger partial charge on any atom is 0.335 e. The number of piperazine rings is 1. The summed E-state index contributed by atoms with van der Waals surface area (Å²) in [5.41, 5.74) is 1.35. The zero-order valence-electron chi connectivity index (χ0n) is 13.9. The van der Waals surface area contributed by atoms with E-state index in [0.717, 1.165) is 5.69 Å². The number of non-ortho nitro benzene ring substituents is 1. The van der Waals surface area contributed by atoms with Gasteiger partial charge in [-0.15, -0.1) is 0 Å². The third-order valence-corrected chi connectivity index (χ3v) is 4.35. The maximum absolute atomic E-state index is 12.6. The van der Waals surface area contributed by atoms with Crippen molar-refractivity contribution in [3.05, 3.63) is 69.8 Å². The Kier molecular flexibility index (Phi) is 4.83. The highest BCUT2D eigenvalue weighted by atomic mass is 16.6. The third-order valence-electron chi connectivity index (χ3n) is 4.35. The first kappa shape index (κ1) is 17.4. The number of nitrogens with zero attached hydrogens (tertiary/aromatic N) is 3. The summed E-state index contributed by atoms with van der Waals surface area (Å²) in [6, 6.07) is 12.3. The van der Waals surface area contributed by atoms with Gasteiger partial charge < -0.3 is 14.9 Å². The summed E-state index contributed by atoms with van der Waals surface area (Å²) < 4.78 is 0. The van der Waals surface area contributed by atoms with Crippen LogP contribution in [0.5, 0.6) is 0 Å². The molecule has 2 aromatic rings. The van der Waals surface area contributed by atoms with Gasteiger partial charge in [-0.1, -0.05) is 6.07 Å². The molecule has 1 aliphatic heterocycles. The number of benzene rings is 2. The molecule has 3 rings (SSSR count). The van der Waals surface area contributed by atoms with Crippen LogP contribution in [0.15, 0.2) is 48.5 Å². The van der Waals surface area contributed by atoms with Gasteiger partial charge in [0.2, 0.25) is 0 Å². The number of carboxylic acids is 1. The summed E-state index contributed by atoms with van der Waals surface area (Å²) in [5, 5.41) is 19.8. The molecule has 26 heavy (non-hydrogen) atoms. The van der Waals surface area contributed by atoms with E-state index in [1.807, 2.05) is 0 Å². The molecular weight excluding hydrogens is 338 g/mol. The normalized spacial score (nSPS) is 14.2. The summed E-state index contributed by atoms with van der Waals surface area (Å²) in [5.74, 6) is -1.26. The van der Waals surface area contributed by atoms with Gasteiger partial charge in [0.1, 0.15) is 0 Å². The van der Waals surface area contributed by atoms with E-state index in [2.05, 4.69) is 4.90 Å². The molecule has 0 spiro atoms. The van der Waals surface area contributed by atoms with Crippen molar-refractivity contribution >= 4 is 23.3 Å². The van der Waals surface area contributed by atoms with E-state index in [1.54, 1.807) is 29.2 Å². The van der Waals surface area contributed by atoms with Gasteiger partial charge in [0.15, 0.2) is 0 Å². The maximum atomic E-state index is 12.6. The first-order valence-corrected chi connectivity index (χ1v) is 8.08. The Morgan fingerprint density at radius 2 is 1.58 bits per heavy atom. The number of anilines is 1. The highest BCUT2D eigenvalue weighted by Crippen LogP contribution is 2.21. The van der Waals surface area contributed by atoms with Crippen LogP contribution < -0.4 is 4.90 Å². The van der Waals surface area contributed by atoms with Crippen molar-refractivity contribution in [2.75, 3.05) is 31.1 Å². The summed E-state index contributed by atoms with van der Waals surface area (Å²) in [6.07, 6.45) is 0. The largest absolute Gasteiger partial charge is 0.478 e. The van der Waals surface area contributed by atoms with Crippen LogP contribution in [0, 0.1) is 10.1 Å². The van der Waals surface area contributed by atoms with E-state index in [0.29, 0.717) is 31.7 Å². The van der Waals surface area contributed by atoms with Gasteiger partial charge in [0.25, 0.3) is 11.6 Å². The molecule has 8 heteroatoms. The Hall–Kier alpha value is -3.42. The fourth-order valence-corrected chi connectivity index (χ4v) is 2.92. The molecule has 0 atom stereocenters. The molecule has 0 bridgehead atoms. The Balaban J connectivity index is 1.64. The van der Waals surface area contributed by atoms with Crippen molar-refractivity contribution < 1.29 is 19.6 Å². The van der Waals surface area contributed by atoms with Gasteiger partial charge in [-0.25, -0.2) is 4.79 Å². The number of rotatable bonds is 4. The van der Waals surface area contributed by atoms with Crippen LogP contribution in [0.25, 0.3) is 0 Å². The van der Waals surface area contributed by atoms with E-state index in [1.165, 1.54) is 24.3 Å². The van der Waals surface area contributed by atoms with Crippen LogP contribution in [0.3, 0.4) is 0 Å². The molecule has 1 aliphatic rings. The monoisotopic (exact) mass is 355 g/mol. The lowest BCUT2D eigenvalue weighted by Gasteiger charge is -2.36. The van der Waals surface area contributed by atoms with Crippen molar-refractivity contribution in [2.24, 2.45) is 0 Å². The SMILES string of the molecule is O=C(O)c1cccc(C(=O)N2CCN(c3ccc([N+](=O)[O-])cc3)CC2)c1. The Morgan fingerprint density at radius 1 is 0.962 bits per heavy atom. The molecule has 0 aliphatic carbocycles. The molecule has 8 nitrogen and oxygen atoms in total. The van der Waals surface area contributed by atoms with Crippen LogP contribution in [0.1, 0.15) is 20.7 Å². The molecule has 2 aromatic carbocycles. The highest BCUT2D eigenvalue weighted by Gasteiger charge is 2.23. The number of carboxylic acid groups (broad SMARTS) is 1. The first-order valence-electron chi connectivity index (χ1n) is 8.08. The summed E-state index contributed by atoms with van der Waals surface area (Å²) in [4.78, 5) is 37.6. The van der Waals surface area contributed by atoms with Gasteiger partial charge in [-0.3, -0.25) is 14.9 Å². The predicted molar refractivity (Wildman–Crippen MR) is 94.6 cm³/mol. The minimum atomic E-state index is -1.07. The smallest absolute Gasteiger partial charge is 0.335 e. The van der Waals surface area contributed by atoms with Crippen molar-refractivity contribution in [1.82, 2.24) is 4.90 Å². The average Bonchev–Trinajstić information content (AvgIpc) is 2.67. The second-order valence-corrected chi connectivity index (χ2v) is 5.94. The standard InChI is InChI=1S/C18H17N3O5/c22-17(13-2-1-3-14(12-13)18(23)24)20-10-8-19(9-11-20)15-4-6-16(7-5-15)21(25)26/h1-7,12H,8-11H2,(H,23,24). The van der Waals surface area contributed by atoms with Crippen LogP contribution in [0.2, 0.25) is 0 Å². The molecule has 1 fully saturated rings. The molecule has 1 amide bonds. The quantitative estimate of drug-likeness (QED) is 0.666. The van der Waals surface area contributed by atoms with Crippen molar-refractivity contribution in [3.8, 4) is 0 Å². The topological polar surface area (TPSA) is 104 Å². The van der Waals surface area contributed by atoms with E-state index >= 15 is 0 Å². The van der Waals surface area contributed by atoms with Gasteiger partial charge in [-0.2, -0.15) is 0 Å². The van der Waals surface area contributed by atoms with Gasteiger partial charge in [0.05, 0.1) is 10.5 Å². The van der Waals surface area contributed by atoms with E-state index in [-0.39, 0.29) is 17.2 Å². The van der Waals surface area contributed by atoms with Crippen molar-refractivity contribution in [1.29, 1.82) is 0 Å². The van der Waals surface area contributed by atoms with Crippen LogP contribution >= 0.6 is 0 Å². The molecular formula is C18H17N3O5. The number of hydrogen-bond donors (Lipinski definition) is 1. The molecule has 0 aromatic heterocycles. The zero-order chi connectivity index (χ0) is 18.7. The summed E-state index contributed by atoms with van der Waals surface area (Å²) in [7, 11) is 0. The molecule has 1 N–H and O–H groups in total. The minimum Gasteiger partial charge on any atom is -0.478 e. The molecule has 0 unspecified atom stereocenters. The Morgan fingerprint density at radius 3 is 2.15 bits per heavy atom. The fourth-order valence-electron chi connectivity index (χ4n) is 2.92. The number of hydrogen-bond acceptors (Lipinski definition) is 5. The molecule has 1 heterocycles. The average molecular weight is 355 g/mol. The third kappa shape index (κ3) is 3.64.